The predicted octanol–water partition coefficient (Wildman–Crippen LogP) is 16.6. The van der Waals surface area contributed by atoms with Crippen LogP contribution in [0.1, 0.15) is 167 Å². The van der Waals surface area contributed by atoms with Gasteiger partial charge in [0.05, 0.1) is 43.0 Å². The standard InChI is InChI=1S/C63H57N5/c1-17-40-18-41-20-46(19-40)51(38-64)25-42-21-47(34-53(27-42)60(2,3)4)52(39-65)26-43-22-48(35-54(28-43)61(5,6)7)58(67-15)32-45-24-50(37-56(30-45)63(11,12)13)59(68-16)33-44-23-49(57(31-41)66-14)36-55(29-44)62(8,9)10/h1,18-37H,2-13H3/b51-25+,52-26?,57-31-,58-32-,59-33-. The van der Waals surface area contributed by atoms with Crippen molar-refractivity contribution in [2.75, 3.05) is 0 Å². The number of nitriles is 2. The molecular formula is C63H57N5. The van der Waals surface area contributed by atoms with Crippen LogP contribution >= 0.6 is 0 Å². The minimum Gasteiger partial charge on any atom is -0.238 e. The highest BCUT2D eigenvalue weighted by atomic mass is 14.7. The number of terminal acetylenes is 1. The molecule has 0 amide bonds. The lowest BCUT2D eigenvalue weighted by molar-refractivity contribution is 0.589. The molecule has 68 heavy (non-hydrogen) atoms. The van der Waals surface area contributed by atoms with Gasteiger partial charge in [0.25, 0.3) is 0 Å². The Morgan fingerprint density at radius 2 is 0.632 bits per heavy atom. The van der Waals surface area contributed by atoms with Crippen molar-refractivity contribution in [3.8, 4) is 24.5 Å². The van der Waals surface area contributed by atoms with Gasteiger partial charge >= 0.3 is 0 Å². The summed E-state index contributed by atoms with van der Waals surface area (Å²) in [6, 6.07) is 34.6. The molecule has 1 aliphatic rings. The molecule has 5 aromatic carbocycles. The van der Waals surface area contributed by atoms with Crippen LogP contribution in [0, 0.1) is 54.7 Å². The van der Waals surface area contributed by atoms with Crippen LogP contribution in [-0.2, 0) is 21.7 Å². The van der Waals surface area contributed by atoms with Gasteiger partial charge in [-0.15, -0.1) is 6.42 Å². The molecular weight excluding hydrogens is 827 g/mol. The molecule has 5 heteroatoms. The summed E-state index contributed by atoms with van der Waals surface area (Å²) in [7, 11) is 0. The van der Waals surface area contributed by atoms with Crippen molar-refractivity contribution in [1.82, 2.24) is 0 Å². The maximum atomic E-state index is 10.9. The Labute approximate surface area is 405 Å². The van der Waals surface area contributed by atoms with E-state index in [2.05, 4.69) is 146 Å². The van der Waals surface area contributed by atoms with Gasteiger partial charge in [-0.1, -0.05) is 150 Å². The Bertz CT molecular complexity index is 3280. The summed E-state index contributed by atoms with van der Waals surface area (Å²) in [4.78, 5) is 12.2. The van der Waals surface area contributed by atoms with Gasteiger partial charge in [0.15, 0.2) is 17.1 Å². The predicted molar refractivity (Wildman–Crippen MR) is 285 cm³/mol. The maximum Gasteiger partial charge on any atom is 0.194 e. The van der Waals surface area contributed by atoms with Crippen LogP contribution in [0.2, 0.25) is 0 Å². The van der Waals surface area contributed by atoms with Gasteiger partial charge in [-0.3, -0.25) is 0 Å². The molecule has 0 saturated heterocycles. The zero-order valence-electron chi connectivity index (χ0n) is 41.4. The largest absolute Gasteiger partial charge is 0.238 e. The van der Waals surface area contributed by atoms with E-state index >= 15 is 0 Å². The van der Waals surface area contributed by atoms with E-state index in [-0.39, 0.29) is 21.7 Å². The Morgan fingerprint density at radius 1 is 0.368 bits per heavy atom. The molecule has 0 N–H and O–H groups in total. The van der Waals surface area contributed by atoms with E-state index in [0.29, 0.717) is 67.2 Å². The highest BCUT2D eigenvalue weighted by Crippen LogP contribution is 2.37. The van der Waals surface area contributed by atoms with Crippen molar-refractivity contribution >= 4 is 58.6 Å². The molecule has 0 heterocycles. The van der Waals surface area contributed by atoms with Gasteiger partial charge in [0, 0.05) is 5.56 Å². The quantitative estimate of drug-likeness (QED) is 0.115. The summed E-state index contributed by atoms with van der Waals surface area (Å²) < 4.78 is 0. The van der Waals surface area contributed by atoms with Crippen molar-refractivity contribution in [2.45, 2.75) is 105 Å². The zero-order valence-corrected chi connectivity index (χ0v) is 41.4. The fourth-order valence-electron chi connectivity index (χ4n) is 7.95. The van der Waals surface area contributed by atoms with Crippen molar-refractivity contribution in [3.05, 3.63) is 209 Å². The average molecular weight is 884 g/mol. The van der Waals surface area contributed by atoms with Crippen LogP contribution in [0.15, 0.2) is 91.0 Å². The summed E-state index contributed by atoms with van der Waals surface area (Å²) in [5.74, 6) is 2.75. The number of nitrogens with zero attached hydrogens (tertiary/aromatic N) is 5. The van der Waals surface area contributed by atoms with E-state index in [1.165, 1.54) is 0 Å². The SMILES string of the molecule is [C-]#[N+]/C1=C\c2cc(cc(C(C)(C)C)c2)/C([N+]#[C-])=C/c2cc(cc(C(C)(C)C)c2)/C([N+]#[C-])=C/c2cc(C#C)cc(c2)/C(C#N)=C/c2cc(cc(C(C)(C)C)c2)C(C#N)=Cc2cc1cc(C(C)(C)C)c2. The summed E-state index contributed by atoms with van der Waals surface area (Å²) in [5.41, 5.74) is 12.4. The van der Waals surface area contributed by atoms with Gasteiger partial charge in [0.2, 0.25) is 0 Å². The van der Waals surface area contributed by atoms with Gasteiger partial charge in [0.1, 0.15) is 0 Å². The summed E-state index contributed by atoms with van der Waals surface area (Å²) in [6.07, 6.45) is 15.3. The smallest absolute Gasteiger partial charge is 0.194 e. The van der Waals surface area contributed by atoms with E-state index in [1.54, 1.807) is 12.1 Å². The number of fused-ring (bicyclic) bond motifs is 10. The Kier molecular flexibility index (Phi) is 13.7. The van der Waals surface area contributed by atoms with Crippen LogP contribution in [0.3, 0.4) is 0 Å². The fraction of sp³-hybridized carbons (Fsp3) is 0.254. The number of allylic oxidation sites excluding steroid dienone is 2. The highest BCUT2D eigenvalue weighted by molar-refractivity contribution is 5.96. The number of benzene rings is 5. The Balaban J connectivity index is 1.78. The first-order valence-corrected chi connectivity index (χ1v) is 22.6. The maximum absolute atomic E-state index is 10.9. The third-order valence-electron chi connectivity index (χ3n) is 12.1. The monoisotopic (exact) mass is 883 g/mol. The second kappa shape index (κ2) is 19.0. The van der Waals surface area contributed by atoms with Crippen LogP contribution in [0.25, 0.3) is 73.2 Å². The van der Waals surface area contributed by atoms with Gasteiger partial charge in [-0.05, 0) is 160 Å². The van der Waals surface area contributed by atoms with Crippen LogP contribution in [0.5, 0.6) is 0 Å². The van der Waals surface area contributed by atoms with Crippen LogP contribution in [0.4, 0.5) is 0 Å². The molecule has 10 bridgehead atoms. The minimum atomic E-state index is -0.307. The minimum absolute atomic E-state index is 0.289. The first-order valence-electron chi connectivity index (χ1n) is 22.6. The molecule has 334 valence electrons. The molecule has 1 aliphatic carbocycles. The van der Waals surface area contributed by atoms with Crippen LogP contribution in [-0.4, -0.2) is 0 Å². The van der Waals surface area contributed by atoms with E-state index in [9.17, 15) is 10.5 Å². The Hall–Kier alpha value is -8.19. The average Bonchev–Trinajstić information content (AvgIpc) is 3.28. The molecule has 0 fully saturated rings. The van der Waals surface area contributed by atoms with Gasteiger partial charge in [-0.2, -0.15) is 10.5 Å². The van der Waals surface area contributed by atoms with E-state index in [1.807, 2.05) is 78.9 Å². The topological polar surface area (TPSA) is 60.7 Å². The normalized spacial score (nSPS) is 16.4. The summed E-state index contributed by atoms with van der Waals surface area (Å²) >= 11 is 0. The number of hydrogen-bond acceptors (Lipinski definition) is 2. The Morgan fingerprint density at radius 3 is 0.912 bits per heavy atom. The second-order valence-electron chi connectivity index (χ2n) is 21.6. The molecule has 5 aromatic rings. The number of hydrogen-bond donors (Lipinski definition) is 0. The van der Waals surface area contributed by atoms with Crippen LogP contribution < -0.4 is 0 Å². The highest BCUT2D eigenvalue weighted by Gasteiger charge is 2.22. The van der Waals surface area contributed by atoms with Crippen molar-refractivity contribution in [1.29, 1.82) is 10.5 Å². The summed E-state index contributed by atoms with van der Waals surface area (Å²) in [5, 5.41) is 21.6. The lowest BCUT2D eigenvalue weighted by Crippen LogP contribution is -2.12. The molecule has 0 aliphatic heterocycles. The number of rotatable bonds is 0. The molecule has 0 saturated carbocycles. The molecule has 0 radical (unpaired) electrons. The molecule has 0 unspecified atom stereocenters. The molecule has 0 spiro atoms. The third-order valence-corrected chi connectivity index (χ3v) is 12.1. The van der Waals surface area contributed by atoms with E-state index in [4.69, 9.17) is 26.1 Å². The lowest BCUT2D eigenvalue weighted by Gasteiger charge is -2.22. The third kappa shape index (κ3) is 11.4. The lowest BCUT2D eigenvalue weighted by atomic mass is 9.83. The zero-order chi connectivity index (χ0) is 49.9. The molecule has 5 nitrogen and oxygen atoms in total. The van der Waals surface area contributed by atoms with Gasteiger partial charge in [-0.25, -0.2) is 14.5 Å². The first-order chi connectivity index (χ1) is 31.8. The van der Waals surface area contributed by atoms with Crippen molar-refractivity contribution in [2.24, 2.45) is 0 Å². The van der Waals surface area contributed by atoms with E-state index < -0.39 is 0 Å². The first kappa shape index (κ1) is 49.2. The molecule has 0 aromatic heterocycles. The van der Waals surface area contributed by atoms with Gasteiger partial charge < -0.3 is 0 Å². The summed E-state index contributed by atoms with van der Waals surface area (Å²) in [6.45, 7) is 51.0. The molecule has 6 rings (SSSR count). The van der Waals surface area contributed by atoms with E-state index in [0.717, 1.165) is 44.5 Å². The fourth-order valence-corrected chi connectivity index (χ4v) is 7.95. The van der Waals surface area contributed by atoms with Crippen molar-refractivity contribution < 1.29 is 0 Å². The van der Waals surface area contributed by atoms with Crippen molar-refractivity contribution in [3.63, 3.8) is 0 Å². The molecule has 0 atom stereocenters. The second-order valence-corrected chi connectivity index (χ2v) is 21.6.